The van der Waals surface area contributed by atoms with Gasteiger partial charge in [0.25, 0.3) is 0 Å². The summed E-state index contributed by atoms with van der Waals surface area (Å²) in [6.45, 7) is 18.4. The van der Waals surface area contributed by atoms with Crippen molar-refractivity contribution < 1.29 is 9.84 Å². The molecule has 0 saturated heterocycles. The molecule has 2 aromatic carbocycles. The zero-order valence-corrected chi connectivity index (χ0v) is 19.6. The molecule has 0 bridgehead atoms. The summed E-state index contributed by atoms with van der Waals surface area (Å²) in [6, 6.07) is 8.73. The quantitative estimate of drug-likeness (QED) is 0.649. The first-order valence-corrected chi connectivity index (χ1v) is 10.7. The van der Waals surface area contributed by atoms with Gasteiger partial charge < -0.3 is 15.6 Å². The minimum Gasteiger partial charge on any atom is -0.507 e. The summed E-state index contributed by atoms with van der Waals surface area (Å²) >= 11 is 0. The minimum atomic E-state index is 0.0222. The van der Waals surface area contributed by atoms with Gasteiger partial charge in [0.2, 0.25) is 0 Å². The maximum absolute atomic E-state index is 10.9. The molecule has 0 aliphatic rings. The number of ether oxygens (including phenoxy) is 1. The number of rotatable bonds is 6. The van der Waals surface area contributed by atoms with E-state index in [-0.39, 0.29) is 10.8 Å². The molecule has 0 atom stereocenters. The molecule has 0 spiro atoms. The Morgan fingerprint density at radius 2 is 1.38 bits per heavy atom. The summed E-state index contributed by atoms with van der Waals surface area (Å²) in [7, 11) is 0. The third kappa shape index (κ3) is 5.54. The number of hydrogen-bond donors (Lipinski definition) is 2. The molecular formula is C26H39NO2. The second kappa shape index (κ2) is 8.79. The Balaban J connectivity index is 2.64. The van der Waals surface area contributed by atoms with Gasteiger partial charge in [0.05, 0.1) is 0 Å². The van der Waals surface area contributed by atoms with Crippen molar-refractivity contribution in [3.8, 4) is 11.5 Å². The summed E-state index contributed by atoms with van der Waals surface area (Å²) in [4.78, 5) is 0. The SMILES string of the molecule is CCc1cc(C(C)(C)C)cc(Cc2cc(C(C)(C)C)cc(C)c2OCCN)c1O. The molecular weight excluding hydrogens is 358 g/mol. The van der Waals surface area contributed by atoms with Crippen molar-refractivity contribution in [3.63, 3.8) is 0 Å². The highest BCUT2D eigenvalue weighted by Crippen LogP contribution is 2.37. The number of phenolic OH excluding ortho intramolecular Hbond substituents is 1. The Kier molecular flexibility index (Phi) is 7.06. The number of phenols is 1. The highest BCUT2D eigenvalue weighted by molar-refractivity contribution is 5.52. The molecule has 2 aromatic rings. The van der Waals surface area contributed by atoms with E-state index in [0.29, 0.717) is 25.3 Å². The van der Waals surface area contributed by atoms with Crippen molar-refractivity contribution in [1.29, 1.82) is 0 Å². The van der Waals surface area contributed by atoms with Crippen LogP contribution in [0, 0.1) is 6.92 Å². The first-order valence-electron chi connectivity index (χ1n) is 10.7. The van der Waals surface area contributed by atoms with Gasteiger partial charge in [-0.25, -0.2) is 0 Å². The van der Waals surface area contributed by atoms with Gasteiger partial charge in [0, 0.05) is 13.0 Å². The van der Waals surface area contributed by atoms with Gasteiger partial charge in [-0.3, -0.25) is 0 Å². The fourth-order valence-electron chi connectivity index (χ4n) is 3.58. The molecule has 3 nitrogen and oxygen atoms in total. The van der Waals surface area contributed by atoms with E-state index >= 15 is 0 Å². The van der Waals surface area contributed by atoms with Crippen LogP contribution < -0.4 is 10.5 Å². The van der Waals surface area contributed by atoms with E-state index in [2.05, 4.69) is 79.7 Å². The molecule has 0 fully saturated rings. The lowest BCUT2D eigenvalue weighted by Crippen LogP contribution is -2.16. The van der Waals surface area contributed by atoms with Crippen molar-refractivity contribution in [2.45, 2.75) is 79.1 Å². The van der Waals surface area contributed by atoms with Crippen LogP contribution in [0.3, 0.4) is 0 Å². The fourth-order valence-corrected chi connectivity index (χ4v) is 3.58. The van der Waals surface area contributed by atoms with Crippen molar-refractivity contribution in [3.05, 3.63) is 57.6 Å². The Morgan fingerprint density at radius 3 is 1.90 bits per heavy atom. The Hall–Kier alpha value is -2.00. The van der Waals surface area contributed by atoms with E-state index in [0.717, 1.165) is 34.4 Å². The zero-order chi connectivity index (χ0) is 22.0. The molecule has 3 heteroatoms. The third-order valence-corrected chi connectivity index (χ3v) is 5.48. The molecule has 3 N–H and O–H groups in total. The number of nitrogens with two attached hydrogens (primary N) is 1. The highest BCUT2D eigenvalue weighted by atomic mass is 16.5. The van der Waals surface area contributed by atoms with Crippen LogP contribution >= 0.6 is 0 Å². The van der Waals surface area contributed by atoms with Gasteiger partial charge in [0.1, 0.15) is 18.1 Å². The molecule has 29 heavy (non-hydrogen) atoms. The highest BCUT2D eigenvalue weighted by Gasteiger charge is 2.22. The van der Waals surface area contributed by atoms with E-state index in [1.54, 1.807) is 0 Å². The summed E-state index contributed by atoms with van der Waals surface area (Å²) in [5.41, 5.74) is 12.4. The van der Waals surface area contributed by atoms with Gasteiger partial charge in [-0.05, 0) is 57.6 Å². The third-order valence-electron chi connectivity index (χ3n) is 5.48. The molecule has 0 aromatic heterocycles. The largest absolute Gasteiger partial charge is 0.507 e. The molecule has 0 heterocycles. The van der Waals surface area contributed by atoms with Crippen LogP contribution in [0.2, 0.25) is 0 Å². The predicted octanol–water partition coefficient (Wildman–Crippen LogP) is 5.79. The molecule has 0 unspecified atom stereocenters. The van der Waals surface area contributed by atoms with Crippen molar-refractivity contribution in [1.82, 2.24) is 0 Å². The number of aryl methyl sites for hydroxylation is 2. The summed E-state index contributed by atoms with van der Waals surface area (Å²) in [5, 5.41) is 10.9. The second-order valence-corrected chi connectivity index (χ2v) is 10.1. The number of benzene rings is 2. The number of aromatic hydroxyl groups is 1. The standard InChI is InChI=1S/C26H39NO2/c1-9-18-14-22(26(6,7)8)15-19(23(18)28)13-20-16-21(25(3,4)5)12-17(2)24(20)29-11-10-27/h12,14-16,28H,9-11,13,27H2,1-8H3. The van der Waals surface area contributed by atoms with E-state index in [1.165, 1.54) is 11.1 Å². The predicted molar refractivity (Wildman–Crippen MR) is 123 cm³/mol. The average Bonchev–Trinajstić information content (AvgIpc) is 2.60. The van der Waals surface area contributed by atoms with Crippen LogP contribution in [0.4, 0.5) is 0 Å². The van der Waals surface area contributed by atoms with Gasteiger partial charge in [0.15, 0.2) is 0 Å². The summed E-state index contributed by atoms with van der Waals surface area (Å²) in [5.74, 6) is 1.30. The van der Waals surface area contributed by atoms with E-state index in [4.69, 9.17) is 10.5 Å². The normalized spacial score (nSPS) is 12.3. The zero-order valence-electron chi connectivity index (χ0n) is 19.6. The van der Waals surface area contributed by atoms with Crippen molar-refractivity contribution in [2.24, 2.45) is 5.73 Å². The number of hydrogen-bond acceptors (Lipinski definition) is 3. The topological polar surface area (TPSA) is 55.5 Å². The molecule has 0 saturated carbocycles. The van der Waals surface area contributed by atoms with Gasteiger partial charge in [-0.2, -0.15) is 0 Å². The van der Waals surface area contributed by atoms with Crippen LogP contribution in [0.1, 0.15) is 81.8 Å². The van der Waals surface area contributed by atoms with Crippen LogP contribution in [-0.4, -0.2) is 18.3 Å². The minimum absolute atomic E-state index is 0.0222. The Bertz CT molecular complexity index is 854. The lowest BCUT2D eigenvalue weighted by atomic mass is 9.82. The molecule has 0 aliphatic carbocycles. The maximum atomic E-state index is 10.9. The van der Waals surface area contributed by atoms with Crippen LogP contribution in [-0.2, 0) is 23.7 Å². The molecule has 0 amide bonds. The van der Waals surface area contributed by atoms with Crippen LogP contribution in [0.25, 0.3) is 0 Å². The first kappa shape index (κ1) is 23.3. The lowest BCUT2D eigenvalue weighted by molar-refractivity contribution is 0.322. The van der Waals surface area contributed by atoms with Crippen molar-refractivity contribution in [2.75, 3.05) is 13.2 Å². The average molecular weight is 398 g/mol. The fraction of sp³-hybridized carbons (Fsp3) is 0.538. The summed E-state index contributed by atoms with van der Waals surface area (Å²) in [6.07, 6.45) is 1.44. The summed E-state index contributed by atoms with van der Waals surface area (Å²) < 4.78 is 6.04. The molecule has 2 rings (SSSR count). The molecule has 0 radical (unpaired) electrons. The van der Waals surface area contributed by atoms with Crippen molar-refractivity contribution >= 4 is 0 Å². The molecule has 160 valence electrons. The second-order valence-electron chi connectivity index (χ2n) is 10.1. The molecule has 0 aliphatic heterocycles. The lowest BCUT2D eigenvalue weighted by Gasteiger charge is -2.25. The van der Waals surface area contributed by atoms with Gasteiger partial charge in [-0.15, -0.1) is 0 Å². The Labute approximate surface area is 177 Å². The van der Waals surface area contributed by atoms with Crippen LogP contribution in [0.5, 0.6) is 11.5 Å². The monoisotopic (exact) mass is 397 g/mol. The van der Waals surface area contributed by atoms with Crippen LogP contribution in [0.15, 0.2) is 24.3 Å². The van der Waals surface area contributed by atoms with E-state index < -0.39 is 0 Å². The van der Waals surface area contributed by atoms with E-state index in [9.17, 15) is 5.11 Å². The van der Waals surface area contributed by atoms with E-state index in [1.807, 2.05) is 0 Å². The van der Waals surface area contributed by atoms with Gasteiger partial charge >= 0.3 is 0 Å². The first-order chi connectivity index (χ1) is 13.4. The smallest absolute Gasteiger partial charge is 0.125 e. The Morgan fingerprint density at radius 1 is 0.862 bits per heavy atom. The van der Waals surface area contributed by atoms with Gasteiger partial charge in [-0.1, -0.05) is 72.7 Å². The maximum Gasteiger partial charge on any atom is 0.125 e.